The molecule has 1 rings (SSSR count). The van der Waals surface area contributed by atoms with Crippen LogP contribution in [-0.4, -0.2) is 49.7 Å². The third kappa shape index (κ3) is 1.52. The molecule has 1 saturated heterocycles. The molecular weight excluding hydrogens is 144 g/mol. The van der Waals surface area contributed by atoms with Crippen LogP contribution in [0.2, 0.25) is 0 Å². The summed E-state index contributed by atoms with van der Waals surface area (Å²) >= 11 is 0. The molecule has 1 aliphatic rings. The van der Waals surface area contributed by atoms with Crippen LogP contribution in [-0.2, 0) is 9.63 Å². The molecule has 0 unspecified atom stereocenters. The molecular formula is C7H14N2O2. The Balaban J connectivity index is 2.41. The third-order valence-electron chi connectivity index (χ3n) is 2.16. The Bertz CT molecular complexity index is 161. The number of hydroxylamine groups is 2. The van der Waals surface area contributed by atoms with Crippen LogP contribution in [0.15, 0.2) is 0 Å². The summed E-state index contributed by atoms with van der Waals surface area (Å²) < 4.78 is 0. The molecule has 0 aromatic carbocycles. The summed E-state index contributed by atoms with van der Waals surface area (Å²) in [5.41, 5.74) is 0. The van der Waals surface area contributed by atoms with Crippen LogP contribution >= 0.6 is 0 Å². The number of carbonyl (C=O) groups excluding carboxylic acids is 1. The van der Waals surface area contributed by atoms with Crippen molar-refractivity contribution in [2.75, 3.05) is 27.7 Å². The molecule has 0 aliphatic carbocycles. The lowest BCUT2D eigenvalue weighted by atomic mass is 10.0. The summed E-state index contributed by atoms with van der Waals surface area (Å²) in [6.45, 7) is 1.01. The lowest BCUT2D eigenvalue weighted by Gasteiger charge is -2.37. The molecule has 0 aromatic heterocycles. The molecule has 0 N–H and O–H groups in total. The van der Waals surface area contributed by atoms with Crippen LogP contribution in [0, 0.1) is 0 Å². The number of nitrogens with zero attached hydrogens (tertiary/aromatic N) is 2. The van der Waals surface area contributed by atoms with Gasteiger partial charge >= 0.3 is 0 Å². The van der Waals surface area contributed by atoms with Crippen molar-refractivity contribution in [1.29, 1.82) is 0 Å². The van der Waals surface area contributed by atoms with E-state index in [4.69, 9.17) is 4.84 Å². The van der Waals surface area contributed by atoms with Crippen LogP contribution in [0.1, 0.15) is 6.42 Å². The predicted octanol–water partition coefficient (Wildman–Crippen LogP) is -0.290. The Kier molecular flexibility index (Phi) is 2.46. The lowest BCUT2D eigenvalue weighted by Crippen LogP contribution is -2.54. The standard InChI is InChI=1S/C7H14N2O2/c1-8-5-4-6(8)7(10)9(2)11-3/h6H,4-5H2,1-3H3/t6-/m1/s1. The quantitative estimate of drug-likeness (QED) is 0.518. The largest absolute Gasteiger partial charge is 0.295 e. The Labute approximate surface area is 66.7 Å². The van der Waals surface area contributed by atoms with Crippen molar-refractivity contribution in [3.8, 4) is 0 Å². The van der Waals surface area contributed by atoms with E-state index in [1.165, 1.54) is 12.2 Å². The summed E-state index contributed by atoms with van der Waals surface area (Å²) in [5, 5.41) is 1.28. The van der Waals surface area contributed by atoms with E-state index in [1.807, 2.05) is 11.9 Å². The number of hydrogen-bond donors (Lipinski definition) is 0. The van der Waals surface area contributed by atoms with Crippen molar-refractivity contribution < 1.29 is 9.63 Å². The van der Waals surface area contributed by atoms with Crippen LogP contribution < -0.4 is 0 Å². The molecule has 1 amide bonds. The summed E-state index contributed by atoms with van der Waals surface area (Å²) in [6, 6.07) is 0.0416. The molecule has 1 fully saturated rings. The summed E-state index contributed by atoms with van der Waals surface area (Å²) in [5.74, 6) is 0.0428. The number of likely N-dealkylation sites (tertiary alicyclic amines) is 1. The first-order valence-corrected chi connectivity index (χ1v) is 3.68. The number of amides is 1. The number of hydrogen-bond acceptors (Lipinski definition) is 3. The SMILES string of the molecule is CON(C)C(=O)[C@H]1CCN1C. The van der Waals surface area contributed by atoms with E-state index < -0.39 is 0 Å². The van der Waals surface area contributed by atoms with Gasteiger partial charge in [-0.15, -0.1) is 0 Å². The van der Waals surface area contributed by atoms with E-state index in [0.717, 1.165) is 13.0 Å². The molecule has 0 bridgehead atoms. The minimum Gasteiger partial charge on any atom is -0.295 e. The van der Waals surface area contributed by atoms with E-state index in [2.05, 4.69) is 0 Å². The second kappa shape index (κ2) is 3.19. The third-order valence-corrected chi connectivity index (χ3v) is 2.16. The molecule has 1 aliphatic heterocycles. The maximum atomic E-state index is 11.3. The van der Waals surface area contributed by atoms with Gasteiger partial charge in [-0.2, -0.15) is 0 Å². The second-order valence-corrected chi connectivity index (χ2v) is 2.80. The number of likely N-dealkylation sites (N-methyl/N-ethyl adjacent to an activating group) is 2. The van der Waals surface area contributed by atoms with Gasteiger partial charge in [0.05, 0.1) is 13.2 Å². The Morgan fingerprint density at radius 1 is 1.73 bits per heavy atom. The molecule has 0 spiro atoms. The molecule has 1 atom stereocenters. The zero-order valence-corrected chi connectivity index (χ0v) is 7.20. The number of rotatable bonds is 2. The van der Waals surface area contributed by atoms with Gasteiger partial charge in [0.1, 0.15) is 0 Å². The predicted molar refractivity (Wildman–Crippen MR) is 40.8 cm³/mol. The van der Waals surface area contributed by atoms with E-state index in [9.17, 15) is 4.79 Å². The molecule has 0 radical (unpaired) electrons. The monoisotopic (exact) mass is 158 g/mol. The van der Waals surface area contributed by atoms with Crippen molar-refractivity contribution in [2.24, 2.45) is 0 Å². The molecule has 0 saturated carbocycles. The van der Waals surface area contributed by atoms with Gasteiger partial charge in [0, 0.05) is 13.6 Å². The second-order valence-electron chi connectivity index (χ2n) is 2.80. The summed E-state index contributed by atoms with van der Waals surface area (Å²) in [6.07, 6.45) is 0.947. The lowest BCUT2D eigenvalue weighted by molar-refractivity contribution is -0.178. The highest BCUT2D eigenvalue weighted by Gasteiger charge is 2.33. The van der Waals surface area contributed by atoms with E-state index >= 15 is 0 Å². The zero-order chi connectivity index (χ0) is 8.43. The van der Waals surface area contributed by atoms with E-state index in [0.29, 0.717) is 0 Å². The highest BCUT2D eigenvalue weighted by Crippen LogP contribution is 2.15. The Hall–Kier alpha value is -0.610. The fraction of sp³-hybridized carbons (Fsp3) is 0.857. The van der Waals surface area contributed by atoms with Crippen LogP contribution in [0.3, 0.4) is 0 Å². The van der Waals surface area contributed by atoms with Crippen molar-refractivity contribution in [3.63, 3.8) is 0 Å². The summed E-state index contributed by atoms with van der Waals surface area (Å²) in [7, 11) is 5.07. The minimum absolute atomic E-state index is 0.0416. The summed E-state index contributed by atoms with van der Waals surface area (Å²) in [4.78, 5) is 18.1. The van der Waals surface area contributed by atoms with Crippen LogP contribution in [0.25, 0.3) is 0 Å². The molecule has 0 aromatic rings. The van der Waals surface area contributed by atoms with Gasteiger partial charge in [-0.3, -0.25) is 14.5 Å². The molecule has 64 valence electrons. The van der Waals surface area contributed by atoms with Gasteiger partial charge < -0.3 is 0 Å². The van der Waals surface area contributed by atoms with Crippen molar-refractivity contribution in [3.05, 3.63) is 0 Å². The van der Waals surface area contributed by atoms with Crippen LogP contribution in [0.5, 0.6) is 0 Å². The normalized spacial score (nSPS) is 24.5. The molecule has 11 heavy (non-hydrogen) atoms. The smallest absolute Gasteiger partial charge is 0.263 e. The van der Waals surface area contributed by atoms with E-state index in [1.54, 1.807) is 7.05 Å². The van der Waals surface area contributed by atoms with Crippen molar-refractivity contribution in [1.82, 2.24) is 9.96 Å². The van der Waals surface area contributed by atoms with Gasteiger partial charge in [-0.25, -0.2) is 5.06 Å². The average molecular weight is 158 g/mol. The highest BCUT2D eigenvalue weighted by atomic mass is 16.7. The first-order valence-electron chi connectivity index (χ1n) is 3.68. The van der Waals surface area contributed by atoms with Gasteiger partial charge in [0.2, 0.25) is 0 Å². The van der Waals surface area contributed by atoms with E-state index in [-0.39, 0.29) is 11.9 Å². The zero-order valence-electron chi connectivity index (χ0n) is 7.20. The maximum Gasteiger partial charge on any atom is 0.263 e. The van der Waals surface area contributed by atoms with Crippen molar-refractivity contribution >= 4 is 5.91 Å². The fourth-order valence-electron chi connectivity index (χ4n) is 1.13. The van der Waals surface area contributed by atoms with Gasteiger partial charge in [-0.05, 0) is 13.5 Å². The minimum atomic E-state index is 0.0416. The van der Waals surface area contributed by atoms with Crippen LogP contribution in [0.4, 0.5) is 0 Å². The molecule has 1 heterocycles. The first kappa shape index (κ1) is 8.49. The topological polar surface area (TPSA) is 32.8 Å². The maximum absolute atomic E-state index is 11.3. The first-order chi connectivity index (χ1) is 5.16. The Morgan fingerprint density at radius 2 is 2.36 bits per heavy atom. The fourth-order valence-corrected chi connectivity index (χ4v) is 1.13. The van der Waals surface area contributed by atoms with Crippen molar-refractivity contribution in [2.45, 2.75) is 12.5 Å². The highest BCUT2D eigenvalue weighted by molar-refractivity contribution is 5.81. The molecule has 4 nitrogen and oxygen atoms in total. The number of carbonyl (C=O) groups is 1. The average Bonchev–Trinajstić information content (AvgIpc) is 2.00. The van der Waals surface area contributed by atoms with Gasteiger partial charge in [0.15, 0.2) is 0 Å². The molecule has 4 heteroatoms. The Morgan fingerprint density at radius 3 is 2.64 bits per heavy atom. The van der Waals surface area contributed by atoms with Gasteiger partial charge in [0.25, 0.3) is 5.91 Å². The van der Waals surface area contributed by atoms with Gasteiger partial charge in [-0.1, -0.05) is 0 Å².